The molecule has 1 saturated heterocycles. The SMILES string of the molecule is CCOCCN1CC(C(C)C)NCC1(CC)CC. The molecule has 0 radical (unpaired) electrons. The second-order valence-electron chi connectivity index (χ2n) is 5.81. The molecular formula is C15H32N2O. The van der Waals surface area contributed by atoms with Crippen LogP contribution in [0.25, 0.3) is 0 Å². The zero-order valence-corrected chi connectivity index (χ0v) is 13.0. The molecule has 3 heteroatoms. The molecule has 1 N–H and O–H groups in total. The van der Waals surface area contributed by atoms with E-state index in [0.29, 0.717) is 17.5 Å². The van der Waals surface area contributed by atoms with E-state index < -0.39 is 0 Å². The lowest BCUT2D eigenvalue weighted by molar-refractivity contribution is -0.000359. The fourth-order valence-corrected chi connectivity index (χ4v) is 2.97. The van der Waals surface area contributed by atoms with E-state index in [4.69, 9.17) is 4.74 Å². The summed E-state index contributed by atoms with van der Waals surface area (Å²) in [6, 6.07) is 0.623. The normalized spacial score (nSPS) is 24.7. The second kappa shape index (κ2) is 7.46. The van der Waals surface area contributed by atoms with Crippen molar-refractivity contribution >= 4 is 0 Å². The van der Waals surface area contributed by atoms with E-state index in [2.05, 4.69) is 44.8 Å². The maximum absolute atomic E-state index is 5.55. The van der Waals surface area contributed by atoms with Crippen LogP contribution in [0.3, 0.4) is 0 Å². The van der Waals surface area contributed by atoms with Crippen LogP contribution in [-0.4, -0.2) is 49.3 Å². The first-order valence-corrected chi connectivity index (χ1v) is 7.65. The molecule has 18 heavy (non-hydrogen) atoms. The van der Waals surface area contributed by atoms with Gasteiger partial charge in [0.25, 0.3) is 0 Å². The van der Waals surface area contributed by atoms with Crippen molar-refractivity contribution in [1.29, 1.82) is 0 Å². The van der Waals surface area contributed by atoms with Gasteiger partial charge in [0.15, 0.2) is 0 Å². The molecule has 1 unspecified atom stereocenters. The van der Waals surface area contributed by atoms with Crippen molar-refractivity contribution in [2.75, 3.05) is 32.8 Å². The summed E-state index contributed by atoms with van der Waals surface area (Å²) in [6.45, 7) is 16.4. The highest BCUT2D eigenvalue weighted by molar-refractivity contribution is 4.98. The maximum Gasteiger partial charge on any atom is 0.0593 e. The Kier molecular flexibility index (Phi) is 6.61. The predicted octanol–water partition coefficient (Wildman–Crippen LogP) is 2.51. The van der Waals surface area contributed by atoms with Crippen LogP contribution >= 0.6 is 0 Å². The highest BCUT2D eigenvalue weighted by Crippen LogP contribution is 2.28. The number of ether oxygens (including phenoxy) is 1. The fourth-order valence-electron chi connectivity index (χ4n) is 2.97. The topological polar surface area (TPSA) is 24.5 Å². The number of hydrogen-bond donors (Lipinski definition) is 1. The summed E-state index contributed by atoms with van der Waals surface area (Å²) in [5.41, 5.74) is 0.336. The molecule has 1 rings (SSSR count). The Hall–Kier alpha value is -0.120. The Morgan fingerprint density at radius 2 is 1.94 bits per heavy atom. The van der Waals surface area contributed by atoms with Gasteiger partial charge in [-0.05, 0) is 25.7 Å². The monoisotopic (exact) mass is 256 g/mol. The molecule has 0 aliphatic carbocycles. The number of nitrogens with one attached hydrogen (secondary N) is 1. The van der Waals surface area contributed by atoms with Gasteiger partial charge in [-0.1, -0.05) is 27.7 Å². The third-order valence-corrected chi connectivity index (χ3v) is 4.61. The first-order chi connectivity index (χ1) is 8.59. The smallest absolute Gasteiger partial charge is 0.0593 e. The number of hydrogen-bond acceptors (Lipinski definition) is 3. The number of nitrogens with zero attached hydrogens (tertiary/aromatic N) is 1. The zero-order valence-electron chi connectivity index (χ0n) is 13.0. The molecule has 1 aliphatic heterocycles. The lowest BCUT2D eigenvalue weighted by atomic mass is 9.85. The summed E-state index contributed by atoms with van der Waals surface area (Å²) < 4.78 is 5.55. The maximum atomic E-state index is 5.55. The fraction of sp³-hybridized carbons (Fsp3) is 1.00. The van der Waals surface area contributed by atoms with Crippen LogP contribution in [0.4, 0.5) is 0 Å². The Bertz CT molecular complexity index is 227. The molecule has 108 valence electrons. The average Bonchev–Trinajstić information content (AvgIpc) is 2.39. The van der Waals surface area contributed by atoms with E-state index in [0.717, 1.165) is 32.8 Å². The van der Waals surface area contributed by atoms with Gasteiger partial charge >= 0.3 is 0 Å². The largest absolute Gasteiger partial charge is 0.380 e. The van der Waals surface area contributed by atoms with Crippen molar-refractivity contribution in [3.05, 3.63) is 0 Å². The quantitative estimate of drug-likeness (QED) is 0.708. The lowest BCUT2D eigenvalue weighted by Crippen LogP contribution is -2.65. The molecule has 0 amide bonds. The summed E-state index contributed by atoms with van der Waals surface area (Å²) in [7, 11) is 0. The Balaban J connectivity index is 2.66. The van der Waals surface area contributed by atoms with Gasteiger partial charge in [-0.15, -0.1) is 0 Å². The standard InChI is InChI=1S/C15H32N2O/c1-6-15(7-2)12-16-14(13(4)5)11-17(15)9-10-18-8-3/h13-14,16H,6-12H2,1-5H3. The number of piperazine rings is 1. The van der Waals surface area contributed by atoms with E-state index in [-0.39, 0.29) is 0 Å². The van der Waals surface area contributed by atoms with Gasteiger partial charge in [0, 0.05) is 37.8 Å². The van der Waals surface area contributed by atoms with Crippen LogP contribution in [0.2, 0.25) is 0 Å². The van der Waals surface area contributed by atoms with Crippen LogP contribution in [-0.2, 0) is 4.74 Å². The van der Waals surface area contributed by atoms with Crippen molar-refractivity contribution < 1.29 is 4.74 Å². The molecule has 0 saturated carbocycles. The van der Waals surface area contributed by atoms with Gasteiger partial charge < -0.3 is 10.1 Å². The summed E-state index contributed by atoms with van der Waals surface area (Å²) in [5.74, 6) is 0.700. The van der Waals surface area contributed by atoms with E-state index in [1.165, 1.54) is 12.8 Å². The van der Waals surface area contributed by atoms with Crippen LogP contribution in [0.15, 0.2) is 0 Å². The van der Waals surface area contributed by atoms with E-state index in [9.17, 15) is 0 Å². The van der Waals surface area contributed by atoms with Gasteiger partial charge in [-0.3, -0.25) is 4.90 Å². The van der Waals surface area contributed by atoms with Crippen molar-refractivity contribution in [1.82, 2.24) is 10.2 Å². The van der Waals surface area contributed by atoms with E-state index >= 15 is 0 Å². The van der Waals surface area contributed by atoms with Crippen molar-refractivity contribution in [2.24, 2.45) is 5.92 Å². The molecule has 1 heterocycles. The minimum absolute atomic E-state index is 0.336. The minimum Gasteiger partial charge on any atom is -0.380 e. The summed E-state index contributed by atoms with van der Waals surface area (Å²) >= 11 is 0. The van der Waals surface area contributed by atoms with Crippen LogP contribution in [0.1, 0.15) is 47.5 Å². The molecule has 0 aromatic carbocycles. The predicted molar refractivity (Wildman–Crippen MR) is 78.0 cm³/mol. The van der Waals surface area contributed by atoms with Crippen LogP contribution in [0.5, 0.6) is 0 Å². The first-order valence-electron chi connectivity index (χ1n) is 7.65. The molecule has 0 aromatic heterocycles. The van der Waals surface area contributed by atoms with Crippen LogP contribution < -0.4 is 5.32 Å². The summed E-state index contributed by atoms with van der Waals surface area (Å²) in [4.78, 5) is 2.67. The first kappa shape index (κ1) is 15.9. The van der Waals surface area contributed by atoms with Crippen molar-refractivity contribution in [3.8, 4) is 0 Å². The average molecular weight is 256 g/mol. The summed E-state index contributed by atoms with van der Waals surface area (Å²) in [6.07, 6.45) is 2.43. The number of rotatable bonds is 7. The van der Waals surface area contributed by atoms with Gasteiger partial charge in [0.2, 0.25) is 0 Å². The van der Waals surface area contributed by atoms with Crippen molar-refractivity contribution in [2.45, 2.75) is 59.0 Å². The van der Waals surface area contributed by atoms with Gasteiger partial charge in [0.05, 0.1) is 6.61 Å². The Morgan fingerprint density at radius 1 is 1.28 bits per heavy atom. The van der Waals surface area contributed by atoms with Crippen LogP contribution in [0, 0.1) is 5.92 Å². The molecule has 3 nitrogen and oxygen atoms in total. The molecule has 0 spiro atoms. The zero-order chi connectivity index (χ0) is 13.6. The van der Waals surface area contributed by atoms with Crippen molar-refractivity contribution in [3.63, 3.8) is 0 Å². The molecule has 1 aliphatic rings. The minimum atomic E-state index is 0.336. The lowest BCUT2D eigenvalue weighted by Gasteiger charge is -2.50. The van der Waals surface area contributed by atoms with Gasteiger partial charge in [-0.2, -0.15) is 0 Å². The van der Waals surface area contributed by atoms with E-state index in [1.807, 2.05) is 0 Å². The third kappa shape index (κ3) is 3.69. The Labute approximate surface area is 113 Å². The summed E-state index contributed by atoms with van der Waals surface area (Å²) in [5, 5.41) is 3.75. The third-order valence-electron chi connectivity index (χ3n) is 4.61. The second-order valence-corrected chi connectivity index (χ2v) is 5.81. The van der Waals surface area contributed by atoms with Gasteiger partial charge in [0.1, 0.15) is 0 Å². The Morgan fingerprint density at radius 3 is 2.44 bits per heavy atom. The molecular weight excluding hydrogens is 224 g/mol. The molecule has 1 fully saturated rings. The molecule has 1 atom stereocenters. The highest BCUT2D eigenvalue weighted by atomic mass is 16.5. The van der Waals surface area contributed by atoms with Gasteiger partial charge in [-0.25, -0.2) is 0 Å². The highest BCUT2D eigenvalue weighted by Gasteiger charge is 2.39. The van der Waals surface area contributed by atoms with E-state index in [1.54, 1.807) is 0 Å². The molecule has 0 bridgehead atoms. The molecule has 0 aromatic rings.